The van der Waals surface area contributed by atoms with E-state index < -0.39 is 0 Å². The topological polar surface area (TPSA) is 37.2 Å². The summed E-state index contributed by atoms with van der Waals surface area (Å²) in [6, 6.07) is 0.537. The van der Waals surface area contributed by atoms with E-state index in [0.29, 0.717) is 12.0 Å². The first-order chi connectivity index (χ1) is 8.24. The molecule has 0 spiro atoms. The van der Waals surface area contributed by atoms with Crippen LogP contribution in [0.2, 0.25) is 0 Å². The van der Waals surface area contributed by atoms with Crippen molar-refractivity contribution in [3.8, 4) is 0 Å². The summed E-state index contributed by atoms with van der Waals surface area (Å²) in [5.41, 5.74) is 2.97. The fourth-order valence-corrected chi connectivity index (χ4v) is 2.73. The maximum Gasteiger partial charge on any atom is 0.0473 e. The molecule has 1 aliphatic rings. The molecule has 0 aromatic carbocycles. The van der Waals surface area contributed by atoms with E-state index in [1.165, 1.54) is 30.4 Å². The van der Waals surface area contributed by atoms with Gasteiger partial charge in [-0.1, -0.05) is 13.8 Å². The third-order valence-corrected chi connectivity index (χ3v) is 3.60. The largest absolute Gasteiger partial charge is 0.396 e. The van der Waals surface area contributed by atoms with Crippen LogP contribution in [-0.2, 0) is 13.0 Å². The zero-order valence-electron chi connectivity index (χ0n) is 10.9. The molecule has 0 bridgehead atoms. The maximum absolute atomic E-state index is 9.11. The van der Waals surface area contributed by atoms with Crippen LogP contribution in [0.3, 0.4) is 0 Å². The number of hydrogen-bond acceptors (Lipinski definition) is 2. The van der Waals surface area contributed by atoms with E-state index in [9.17, 15) is 0 Å². The highest BCUT2D eigenvalue weighted by Gasteiger charge is 2.21. The second-order valence-electron chi connectivity index (χ2n) is 5.23. The van der Waals surface area contributed by atoms with Gasteiger partial charge in [0.1, 0.15) is 0 Å². The van der Waals surface area contributed by atoms with Crippen molar-refractivity contribution in [2.45, 2.75) is 45.7 Å². The molecule has 1 aromatic rings. The van der Waals surface area contributed by atoms with Crippen LogP contribution in [0.25, 0.3) is 0 Å². The van der Waals surface area contributed by atoms with Gasteiger partial charge in [0.2, 0.25) is 0 Å². The van der Waals surface area contributed by atoms with Crippen LogP contribution in [0.4, 0.5) is 0 Å². The Balaban J connectivity index is 2.12. The van der Waals surface area contributed by atoms with Crippen molar-refractivity contribution < 1.29 is 5.11 Å². The Labute approximate surface area is 104 Å². The molecule has 96 valence electrons. The molecule has 0 saturated carbocycles. The summed E-state index contributed by atoms with van der Waals surface area (Å²) in [4.78, 5) is 0. The van der Waals surface area contributed by atoms with Gasteiger partial charge in [-0.05, 0) is 42.9 Å². The number of nitrogens with one attached hydrogen (secondary N) is 1. The van der Waals surface area contributed by atoms with Crippen LogP contribution in [0, 0.1) is 5.92 Å². The van der Waals surface area contributed by atoms with Crippen LogP contribution < -0.4 is 5.32 Å². The molecule has 1 aromatic heterocycles. The minimum absolute atomic E-state index is 0.263. The lowest BCUT2D eigenvalue weighted by Crippen LogP contribution is -2.23. The minimum Gasteiger partial charge on any atom is -0.396 e. The van der Waals surface area contributed by atoms with Crippen LogP contribution in [0.1, 0.15) is 43.9 Å². The predicted molar refractivity (Wildman–Crippen MR) is 70.0 cm³/mol. The molecule has 2 unspecified atom stereocenters. The van der Waals surface area contributed by atoms with Crippen molar-refractivity contribution >= 4 is 0 Å². The van der Waals surface area contributed by atoms with Gasteiger partial charge in [0, 0.05) is 31.6 Å². The highest BCUT2D eigenvalue weighted by Crippen LogP contribution is 2.30. The molecule has 0 radical (unpaired) electrons. The number of aromatic nitrogens is 1. The van der Waals surface area contributed by atoms with E-state index in [2.05, 4.69) is 36.1 Å². The molecule has 0 fully saturated rings. The fraction of sp³-hybridized carbons (Fsp3) is 0.714. The zero-order chi connectivity index (χ0) is 12.3. The number of rotatable bonds is 5. The van der Waals surface area contributed by atoms with Crippen molar-refractivity contribution in [3.63, 3.8) is 0 Å². The first-order valence-electron chi connectivity index (χ1n) is 6.77. The van der Waals surface area contributed by atoms with Gasteiger partial charge in [-0.15, -0.1) is 0 Å². The SMILES string of the molecule is CCNC1CCCc2cn(CC(C)CO)cc21. The van der Waals surface area contributed by atoms with Crippen molar-refractivity contribution in [2.24, 2.45) is 5.92 Å². The number of aryl methyl sites for hydroxylation is 1. The lowest BCUT2D eigenvalue weighted by molar-refractivity contribution is 0.223. The molecule has 1 aliphatic carbocycles. The Morgan fingerprint density at radius 2 is 2.35 bits per heavy atom. The van der Waals surface area contributed by atoms with Crippen molar-refractivity contribution in [1.29, 1.82) is 0 Å². The summed E-state index contributed by atoms with van der Waals surface area (Å²) < 4.78 is 2.25. The Morgan fingerprint density at radius 1 is 1.53 bits per heavy atom. The molecule has 3 nitrogen and oxygen atoms in total. The highest BCUT2D eigenvalue weighted by molar-refractivity contribution is 5.30. The fourth-order valence-electron chi connectivity index (χ4n) is 2.73. The molecule has 2 rings (SSSR count). The number of nitrogens with zero attached hydrogens (tertiary/aromatic N) is 1. The van der Waals surface area contributed by atoms with Crippen molar-refractivity contribution in [1.82, 2.24) is 9.88 Å². The Kier molecular flexibility index (Phi) is 4.24. The normalized spacial score (nSPS) is 21.2. The van der Waals surface area contributed by atoms with Crippen LogP contribution in [0.15, 0.2) is 12.4 Å². The molecule has 2 N–H and O–H groups in total. The van der Waals surface area contributed by atoms with Gasteiger partial charge in [0.05, 0.1) is 0 Å². The molecule has 3 heteroatoms. The molecular weight excluding hydrogens is 212 g/mol. The summed E-state index contributed by atoms with van der Waals surface area (Å²) in [6.07, 6.45) is 8.28. The van der Waals surface area contributed by atoms with E-state index in [0.717, 1.165) is 13.1 Å². The minimum atomic E-state index is 0.263. The van der Waals surface area contributed by atoms with E-state index in [4.69, 9.17) is 5.11 Å². The molecule has 0 saturated heterocycles. The monoisotopic (exact) mass is 236 g/mol. The lowest BCUT2D eigenvalue weighted by Gasteiger charge is -2.22. The Morgan fingerprint density at radius 3 is 3.06 bits per heavy atom. The van der Waals surface area contributed by atoms with Crippen molar-refractivity contribution in [2.75, 3.05) is 13.2 Å². The number of aliphatic hydroxyl groups excluding tert-OH is 1. The predicted octanol–water partition coefficient (Wildman–Crippen LogP) is 2.10. The standard InChI is InChI=1S/C14H24N2O/c1-3-15-14-6-4-5-12-8-16(9-13(12)14)7-11(2)10-17/h8-9,11,14-15,17H,3-7,10H2,1-2H3. The smallest absolute Gasteiger partial charge is 0.0473 e. The number of hydrogen-bond donors (Lipinski definition) is 2. The Hall–Kier alpha value is -0.800. The van der Waals surface area contributed by atoms with Crippen LogP contribution in [-0.4, -0.2) is 22.8 Å². The number of fused-ring (bicyclic) bond motifs is 1. The van der Waals surface area contributed by atoms with Gasteiger partial charge in [-0.3, -0.25) is 0 Å². The molecule has 17 heavy (non-hydrogen) atoms. The van der Waals surface area contributed by atoms with Gasteiger partial charge >= 0.3 is 0 Å². The van der Waals surface area contributed by atoms with E-state index in [1.807, 2.05) is 0 Å². The summed E-state index contributed by atoms with van der Waals surface area (Å²) >= 11 is 0. The third-order valence-electron chi connectivity index (χ3n) is 3.60. The molecular formula is C14H24N2O. The lowest BCUT2D eigenvalue weighted by atomic mass is 9.91. The average Bonchev–Trinajstić information content (AvgIpc) is 2.72. The van der Waals surface area contributed by atoms with Gasteiger partial charge in [-0.25, -0.2) is 0 Å². The average molecular weight is 236 g/mol. The van der Waals surface area contributed by atoms with Gasteiger partial charge in [-0.2, -0.15) is 0 Å². The van der Waals surface area contributed by atoms with Crippen LogP contribution in [0.5, 0.6) is 0 Å². The first kappa shape index (κ1) is 12.7. The second kappa shape index (κ2) is 5.69. The number of aliphatic hydroxyl groups is 1. The zero-order valence-corrected chi connectivity index (χ0v) is 10.9. The summed E-state index contributed by atoms with van der Waals surface area (Å²) in [7, 11) is 0. The quantitative estimate of drug-likeness (QED) is 0.821. The summed E-state index contributed by atoms with van der Waals surface area (Å²) in [5.74, 6) is 0.335. The summed E-state index contributed by atoms with van der Waals surface area (Å²) in [5, 5.41) is 12.7. The third kappa shape index (κ3) is 2.90. The van der Waals surface area contributed by atoms with E-state index in [1.54, 1.807) is 0 Å². The van der Waals surface area contributed by atoms with Crippen LogP contribution >= 0.6 is 0 Å². The molecule has 0 amide bonds. The van der Waals surface area contributed by atoms with E-state index >= 15 is 0 Å². The second-order valence-corrected chi connectivity index (χ2v) is 5.23. The first-order valence-corrected chi connectivity index (χ1v) is 6.77. The maximum atomic E-state index is 9.11. The highest BCUT2D eigenvalue weighted by atomic mass is 16.3. The molecule has 2 atom stereocenters. The van der Waals surface area contributed by atoms with Gasteiger partial charge in [0.15, 0.2) is 0 Å². The molecule has 1 heterocycles. The molecule has 0 aliphatic heterocycles. The van der Waals surface area contributed by atoms with Crippen molar-refractivity contribution in [3.05, 3.63) is 23.5 Å². The van der Waals surface area contributed by atoms with Gasteiger partial charge < -0.3 is 15.0 Å². The Bertz CT molecular complexity index is 359. The van der Waals surface area contributed by atoms with Gasteiger partial charge in [0.25, 0.3) is 0 Å². The van der Waals surface area contributed by atoms with E-state index in [-0.39, 0.29) is 6.61 Å². The summed E-state index contributed by atoms with van der Waals surface area (Å²) in [6.45, 7) is 6.46.